The summed E-state index contributed by atoms with van der Waals surface area (Å²) in [6.07, 6.45) is 0.635. The molecule has 3 aromatic carbocycles. The molecule has 2 unspecified atom stereocenters. The number of nitrogens with zero attached hydrogens (tertiary/aromatic N) is 1. The molecule has 1 aliphatic heterocycles. The molecular formula is C27H27ClN2O3. The standard InChI is InChI=1S/C27H27ClN2O3/c1-18-12-25(26(32)29-15-19-8-10-24(28)11-9-19)30(16-18)27(33)23-7-3-6-22(14-23)21-5-2-4-20(13-21)17-31/h2-11,13-14,18,25,31H,12,15-17H2,1H3,(H,29,32). The lowest BCUT2D eigenvalue weighted by Crippen LogP contribution is -2.45. The number of carbonyl (C=O) groups is 2. The van der Waals surface area contributed by atoms with Gasteiger partial charge in [-0.15, -0.1) is 0 Å². The van der Waals surface area contributed by atoms with Crippen LogP contribution in [-0.4, -0.2) is 34.4 Å². The van der Waals surface area contributed by atoms with Gasteiger partial charge in [0.15, 0.2) is 0 Å². The molecule has 6 heteroatoms. The molecule has 33 heavy (non-hydrogen) atoms. The molecule has 5 nitrogen and oxygen atoms in total. The summed E-state index contributed by atoms with van der Waals surface area (Å²) in [6, 6.07) is 21.9. The highest BCUT2D eigenvalue weighted by molar-refractivity contribution is 6.30. The summed E-state index contributed by atoms with van der Waals surface area (Å²) in [5.41, 5.74) is 4.14. The maximum absolute atomic E-state index is 13.4. The van der Waals surface area contributed by atoms with Gasteiger partial charge in [-0.3, -0.25) is 9.59 Å². The first-order chi connectivity index (χ1) is 15.9. The van der Waals surface area contributed by atoms with Gasteiger partial charge in [0, 0.05) is 23.7 Å². The van der Waals surface area contributed by atoms with E-state index in [0.29, 0.717) is 30.1 Å². The van der Waals surface area contributed by atoms with Crippen molar-refractivity contribution in [3.05, 3.63) is 94.5 Å². The molecule has 0 spiro atoms. The lowest BCUT2D eigenvalue weighted by Gasteiger charge is -2.24. The van der Waals surface area contributed by atoms with Crippen LogP contribution < -0.4 is 5.32 Å². The predicted molar refractivity (Wildman–Crippen MR) is 130 cm³/mol. The number of carbonyl (C=O) groups excluding carboxylic acids is 2. The fraction of sp³-hybridized carbons (Fsp3) is 0.259. The van der Waals surface area contributed by atoms with Gasteiger partial charge in [-0.05, 0) is 64.9 Å². The van der Waals surface area contributed by atoms with Gasteiger partial charge >= 0.3 is 0 Å². The lowest BCUT2D eigenvalue weighted by molar-refractivity contribution is -0.125. The first-order valence-corrected chi connectivity index (χ1v) is 11.5. The Balaban J connectivity index is 1.50. The van der Waals surface area contributed by atoms with Crippen molar-refractivity contribution in [1.82, 2.24) is 10.2 Å². The van der Waals surface area contributed by atoms with Gasteiger partial charge in [0.2, 0.25) is 5.91 Å². The number of aliphatic hydroxyl groups is 1. The van der Waals surface area contributed by atoms with Crippen molar-refractivity contribution in [2.24, 2.45) is 5.92 Å². The minimum Gasteiger partial charge on any atom is -0.392 e. The van der Waals surface area contributed by atoms with Crippen LogP contribution in [0.25, 0.3) is 11.1 Å². The van der Waals surface area contributed by atoms with Gasteiger partial charge in [-0.1, -0.05) is 61.0 Å². The van der Waals surface area contributed by atoms with Gasteiger partial charge in [-0.25, -0.2) is 0 Å². The first-order valence-electron chi connectivity index (χ1n) is 11.1. The quantitative estimate of drug-likeness (QED) is 0.559. The van der Waals surface area contributed by atoms with Crippen molar-refractivity contribution in [2.75, 3.05) is 6.54 Å². The molecule has 0 bridgehead atoms. The van der Waals surface area contributed by atoms with Crippen molar-refractivity contribution in [1.29, 1.82) is 0 Å². The summed E-state index contributed by atoms with van der Waals surface area (Å²) in [6.45, 7) is 2.95. The number of amides is 2. The second kappa shape index (κ2) is 10.2. The van der Waals surface area contributed by atoms with Crippen LogP contribution >= 0.6 is 11.6 Å². The maximum atomic E-state index is 13.4. The molecular weight excluding hydrogens is 436 g/mol. The van der Waals surface area contributed by atoms with Gasteiger partial charge in [0.25, 0.3) is 5.91 Å². The van der Waals surface area contributed by atoms with Crippen molar-refractivity contribution >= 4 is 23.4 Å². The van der Waals surface area contributed by atoms with Crippen LogP contribution in [0.5, 0.6) is 0 Å². The highest BCUT2D eigenvalue weighted by Crippen LogP contribution is 2.27. The van der Waals surface area contributed by atoms with Crippen molar-refractivity contribution in [3.63, 3.8) is 0 Å². The molecule has 4 rings (SSSR count). The highest BCUT2D eigenvalue weighted by atomic mass is 35.5. The molecule has 1 aliphatic rings. The zero-order valence-corrected chi connectivity index (χ0v) is 19.3. The van der Waals surface area contributed by atoms with Crippen molar-refractivity contribution in [3.8, 4) is 11.1 Å². The summed E-state index contributed by atoms with van der Waals surface area (Å²) < 4.78 is 0. The molecule has 0 saturated carbocycles. The Morgan fingerprint density at radius 1 is 1.00 bits per heavy atom. The number of nitrogens with one attached hydrogen (secondary N) is 1. The Morgan fingerprint density at radius 3 is 2.42 bits per heavy atom. The third kappa shape index (κ3) is 5.44. The molecule has 0 aliphatic carbocycles. The van der Waals surface area contributed by atoms with Gasteiger partial charge < -0.3 is 15.3 Å². The molecule has 0 aromatic heterocycles. The summed E-state index contributed by atoms with van der Waals surface area (Å²) in [7, 11) is 0. The topological polar surface area (TPSA) is 69.6 Å². The predicted octanol–water partition coefficient (Wildman–Crippen LogP) is 4.67. The summed E-state index contributed by atoms with van der Waals surface area (Å²) in [5, 5.41) is 13.0. The van der Waals surface area contributed by atoms with E-state index in [1.165, 1.54) is 0 Å². The maximum Gasteiger partial charge on any atom is 0.254 e. The van der Waals surface area contributed by atoms with Crippen LogP contribution in [0.15, 0.2) is 72.8 Å². The van der Waals surface area contributed by atoms with E-state index < -0.39 is 6.04 Å². The fourth-order valence-electron chi connectivity index (χ4n) is 4.28. The largest absolute Gasteiger partial charge is 0.392 e. The first kappa shape index (κ1) is 23.0. The molecule has 2 atom stereocenters. The number of aliphatic hydroxyl groups excluding tert-OH is 1. The average Bonchev–Trinajstić information content (AvgIpc) is 3.25. The van der Waals surface area contributed by atoms with E-state index in [2.05, 4.69) is 12.2 Å². The lowest BCUT2D eigenvalue weighted by atomic mass is 10.0. The second-order valence-corrected chi connectivity index (χ2v) is 9.03. The molecule has 2 N–H and O–H groups in total. The minimum atomic E-state index is -0.499. The third-order valence-electron chi connectivity index (χ3n) is 6.01. The Hall–Kier alpha value is -3.15. The van der Waals surface area contributed by atoms with Gasteiger partial charge in [0.05, 0.1) is 6.61 Å². The Labute approximate surface area is 199 Å². The molecule has 1 fully saturated rings. The third-order valence-corrected chi connectivity index (χ3v) is 6.26. The van der Waals surface area contributed by atoms with E-state index in [1.54, 1.807) is 23.1 Å². The van der Waals surface area contributed by atoms with E-state index >= 15 is 0 Å². The van der Waals surface area contributed by atoms with Crippen LogP contribution in [0.1, 0.15) is 34.8 Å². The average molecular weight is 463 g/mol. The monoisotopic (exact) mass is 462 g/mol. The SMILES string of the molecule is CC1CC(C(=O)NCc2ccc(Cl)cc2)N(C(=O)c2cccc(-c3cccc(CO)c3)c2)C1. The normalized spacial score (nSPS) is 17.7. The zero-order chi connectivity index (χ0) is 23.4. The number of benzene rings is 3. The molecule has 1 saturated heterocycles. The number of halogens is 1. The van der Waals surface area contributed by atoms with Crippen LogP contribution in [0, 0.1) is 5.92 Å². The molecule has 0 radical (unpaired) electrons. The highest BCUT2D eigenvalue weighted by Gasteiger charge is 2.38. The van der Waals surface area contributed by atoms with Crippen LogP contribution in [0.3, 0.4) is 0 Å². The van der Waals surface area contributed by atoms with E-state index in [1.807, 2.05) is 54.6 Å². The van der Waals surface area contributed by atoms with Gasteiger partial charge in [-0.2, -0.15) is 0 Å². The Kier molecular flexibility index (Phi) is 7.11. The van der Waals surface area contributed by atoms with Crippen LogP contribution in [0.4, 0.5) is 0 Å². The molecule has 1 heterocycles. The van der Waals surface area contributed by atoms with Crippen LogP contribution in [0.2, 0.25) is 5.02 Å². The zero-order valence-electron chi connectivity index (χ0n) is 18.5. The number of hydrogen-bond acceptors (Lipinski definition) is 3. The summed E-state index contributed by atoms with van der Waals surface area (Å²) >= 11 is 5.93. The molecule has 2 amide bonds. The van der Waals surface area contributed by atoms with Crippen molar-refractivity contribution < 1.29 is 14.7 Å². The molecule has 170 valence electrons. The molecule has 3 aromatic rings. The number of likely N-dealkylation sites (tertiary alicyclic amines) is 1. The minimum absolute atomic E-state index is 0.0368. The van der Waals surface area contributed by atoms with Crippen molar-refractivity contribution in [2.45, 2.75) is 32.5 Å². The van der Waals surface area contributed by atoms with E-state index in [9.17, 15) is 14.7 Å². The number of hydrogen-bond donors (Lipinski definition) is 2. The van der Waals surface area contributed by atoms with Crippen LogP contribution in [-0.2, 0) is 17.9 Å². The number of rotatable bonds is 6. The Morgan fingerprint density at radius 2 is 1.70 bits per heavy atom. The van der Waals surface area contributed by atoms with Gasteiger partial charge in [0.1, 0.15) is 6.04 Å². The smallest absolute Gasteiger partial charge is 0.254 e. The van der Waals surface area contributed by atoms with E-state index in [0.717, 1.165) is 22.3 Å². The van der Waals surface area contributed by atoms with E-state index in [4.69, 9.17) is 11.6 Å². The summed E-state index contributed by atoms with van der Waals surface area (Å²) in [4.78, 5) is 28.1. The Bertz CT molecular complexity index is 1150. The van der Waals surface area contributed by atoms with E-state index in [-0.39, 0.29) is 24.3 Å². The fourth-order valence-corrected chi connectivity index (χ4v) is 4.40. The summed E-state index contributed by atoms with van der Waals surface area (Å²) in [5.74, 6) is -0.0507. The second-order valence-electron chi connectivity index (χ2n) is 8.60.